The zero-order valence-electron chi connectivity index (χ0n) is 13.3. The number of carboxylic acids is 1. The number of nitrogens with zero attached hydrogens (tertiary/aromatic N) is 3. The van der Waals surface area contributed by atoms with Crippen LogP contribution in [0, 0.1) is 17.2 Å². The Hall–Kier alpha value is -3.02. The van der Waals surface area contributed by atoms with Crippen molar-refractivity contribution in [2.24, 2.45) is 5.92 Å². The first-order valence-electron chi connectivity index (χ1n) is 7.21. The van der Waals surface area contributed by atoms with Gasteiger partial charge in [0.15, 0.2) is 5.69 Å². The summed E-state index contributed by atoms with van der Waals surface area (Å²) in [6.45, 7) is 4.23. The van der Waals surface area contributed by atoms with Gasteiger partial charge in [0.1, 0.15) is 17.4 Å². The SMILES string of the molecule is CC(C)COc1ccc(-n2cc(C(=O)O)c(C(F)(F)F)n2)cc1C#N. The first-order valence-corrected chi connectivity index (χ1v) is 7.21. The number of carboxylic acid groups (broad SMARTS) is 1. The lowest BCUT2D eigenvalue weighted by molar-refractivity contribution is -0.141. The molecule has 0 radical (unpaired) electrons. The van der Waals surface area contributed by atoms with E-state index < -0.39 is 23.4 Å². The molecule has 0 unspecified atom stereocenters. The Morgan fingerprint density at radius 3 is 2.60 bits per heavy atom. The molecular formula is C16H14F3N3O3. The third-order valence-corrected chi connectivity index (χ3v) is 3.13. The third kappa shape index (κ3) is 4.09. The van der Waals surface area contributed by atoms with Crippen LogP contribution in [0.5, 0.6) is 5.75 Å². The fraction of sp³-hybridized carbons (Fsp3) is 0.312. The highest BCUT2D eigenvalue weighted by Crippen LogP contribution is 2.32. The topological polar surface area (TPSA) is 88.1 Å². The fourth-order valence-electron chi connectivity index (χ4n) is 2.00. The van der Waals surface area contributed by atoms with Crippen LogP contribution in [-0.2, 0) is 6.18 Å². The van der Waals surface area contributed by atoms with Crippen molar-refractivity contribution in [3.05, 3.63) is 41.2 Å². The van der Waals surface area contributed by atoms with Crippen LogP contribution in [0.25, 0.3) is 5.69 Å². The van der Waals surface area contributed by atoms with Crippen LogP contribution in [-0.4, -0.2) is 27.5 Å². The Balaban J connectivity index is 2.46. The maximum absolute atomic E-state index is 12.9. The van der Waals surface area contributed by atoms with Crippen molar-refractivity contribution in [1.29, 1.82) is 5.26 Å². The van der Waals surface area contributed by atoms with Crippen LogP contribution in [0.1, 0.15) is 35.5 Å². The molecule has 6 nitrogen and oxygen atoms in total. The predicted molar refractivity (Wildman–Crippen MR) is 80.6 cm³/mol. The molecule has 0 atom stereocenters. The number of ether oxygens (including phenoxy) is 1. The van der Waals surface area contributed by atoms with E-state index in [9.17, 15) is 23.2 Å². The molecule has 2 aromatic rings. The van der Waals surface area contributed by atoms with Crippen LogP contribution in [0.2, 0.25) is 0 Å². The van der Waals surface area contributed by atoms with Crippen LogP contribution in [0.15, 0.2) is 24.4 Å². The number of nitriles is 1. The second-order valence-corrected chi connectivity index (χ2v) is 5.64. The van der Waals surface area contributed by atoms with Gasteiger partial charge in [-0.05, 0) is 24.1 Å². The lowest BCUT2D eigenvalue weighted by Crippen LogP contribution is -2.12. The number of carbonyl (C=O) groups is 1. The Morgan fingerprint density at radius 2 is 2.12 bits per heavy atom. The third-order valence-electron chi connectivity index (χ3n) is 3.13. The number of benzene rings is 1. The first-order chi connectivity index (χ1) is 11.6. The largest absolute Gasteiger partial charge is 0.492 e. The minimum atomic E-state index is -4.91. The molecule has 0 saturated carbocycles. The number of rotatable bonds is 5. The van der Waals surface area contributed by atoms with Crippen LogP contribution in [0.3, 0.4) is 0 Å². The van der Waals surface area contributed by atoms with Gasteiger partial charge in [0.25, 0.3) is 0 Å². The number of alkyl halides is 3. The highest BCUT2D eigenvalue weighted by molar-refractivity contribution is 5.89. The molecule has 0 amide bonds. The maximum Gasteiger partial charge on any atom is 0.436 e. The van der Waals surface area contributed by atoms with Crippen molar-refractivity contribution in [1.82, 2.24) is 9.78 Å². The van der Waals surface area contributed by atoms with E-state index in [4.69, 9.17) is 9.84 Å². The summed E-state index contributed by atoms with van der Waals surface area (Å²) in [7, 11) is 0. The molecule has 132 valence electrons. The summed E-state index contributed by atoms with van der Waals surface area (Å²) in [6.07, 6.45) is -4.15. The van der Waals surface area contributed by atoms with Crippen LogP contribution >= 0.6 is 0 Å². The number of aromatic carboxylic acids is 1. The molecular weight excluding hydrogens is 339 g/mol. The van der Waals surface area contributed by atoms with Gasteiger partial charge in [-0.25, -0.2) is 9.48 Å². The smallest absolute Gasteiger partial charge is 0.436 e. The Morgan fingerprint density at radius 1 is 1.44 bits per heavy atom. The van der Waals surface area contributed by atoms with E-state index in [0.717, 1.165) is 10.9 Å². The first kappa shape index (κ1) is 18.3. The quantitative estimate of drug-likeness (QED) is 0.889. The molecule has 0 aliphatic carbocycles. The summed E-state index contributed by atoms with van der Waals surface area (Å²) in [5, 5.41) is 21.4. The van der Waals surface area contributed by atoms with Gasteiger partial charge in [0.05, 0.1) is 17.9 Å². The van der Waals surface area contributed by atoms with Gasteiger partial charge in [-0.15, -0.1) is 0 Å². The molecule has 1 N–H and O–H groups in total. The molecule has 0 aliphatic rings. The van der Waals surface area contributed by atoms with Gasteiger partial charge >= 0.3 is 12.1 Å². The van der Waals surface area contributed by atoms with Gasteiger partial charge in [0, 0.05) is 6.20 Å². The summed E-state index contributed by atoms with van der Waals surface area (Å²) in [6, 6.07) is 6.02. The summed E-state index contributed by atoms with van der Waals surface area (Å²) in [5.74, 6) is -1.22. The van der Waals surface area contributed by atoms with E-state index in [2.05, 4.69) is 5.10 Å². The Labute approximate surface area is 141 Å². The number of halogens is 3. The molecule has 9 heteroatoms. The predicted octanol–water partition coefficient (Wildman–Crippen LogP) is 3.50. The summed E-state index contributed by atoms with van der Waals surface area (Å²) >= 11 is 0. The molecule has 0 spiro atoms. The van der Waals surface area contributed by atoms with Gasteiger partial charge in [-0.1, -0.05) is 13.8 Å². The summed E-state index contributed by atoms with van der Waals surface area (Å²) in [4.78, 5) is 11.0. The molecule has 2 rings (SSSR count). The van der Waals surface area contributed by atoms with E-state index in [1.165, 1.54) is 18.2 Å². The Bertz CT molecular complexity index is 835. The number of hydrogen-bond acceptors (Lipinski definition) is 4. The monoisotopic (exact) mass is 353 g/mol. The van der Waals surface area contributed by atoms with Gasteiger partial charge < -0.3 is 9.84 Å². The van der Waals surface area contributed by atoms with E-state index >= 15 is 0 Å². The van der Waals surface area contributed by atoms with Crippen LogP contribution in [0.4, 0.5) is 13.2 Å². The van der Waals surface area contributed by atoms with E-state index in [-0.39, 0.29) is 17.2 Å². The van der Waals surface area contributed by atoms with E-state index in [1.807, 2.05) is 19.9 Å². The molecule has 25 heavy (non-hydrogen) atoms. The molecule has 1 aromatic carbocycles. The van der Waals surface area contributed by atoms with Gasteiger partial charge in [0.2, 0.25) is 0 Å². The average molecular weight is 353 g/mol. The minimum absolute atomic E-state index is 0.110. The van der Waals surface area contributed by atoms with Crippen molar-refractivity contribution >= 4 is 5.97 Å². The van der Waals surface area contributed by atoms with Crippen molar-refractivity contribution in [2.45, 2.75) is 20.0 Å². The lowest BCUT2D eigenvalue weighted by atomic mass is 10.2. The lowest BCUT2D eigenvalue weighted by Gasteiger charge is -2.11. The van der Waals surface area contributed by atoms with E-state index in [1.54, 1.807) is 0 Å². The Kier molecular flexibility index (Phi) is 5.02. The normalized spacial score (nSPS) is 11.4. The van der Waals surface area contributed by atoms with Crippen LogP contribution < -0.4 is 4.74 Å². The molecule has 0 fully saturated rings. The number of aromatic nitrogens is 2. The van der Waals surface area contributed by atoms with Gasteiger partial charge in [-0.2, -0.15) is 23.5 Å². The minimum Gasteiger partial charge on any atom is -0.492 e. The zero-order chi connectivity index (χ0) is 18.8. The molecule has 1 heterocycles. The van der Waals surface area contributed by atoms with Crippen molar-refractivity contribution < 1.29 is 27.8 Å². The molecule has 0 bridgehead atoms. The highest BCUT2D eigenvalue weighted by Gasteiger charge is 2.39. The second kappa shape index (κ2) is 6.84. The second-order valence-electron chi connectivity index (χ2n) is 5.64. The molecule has 0 aliphatic heterocycles. The number of hydrogen-bond donors (Lipinski definition) is 1. The zero-order valence-corrected chi connectivity index (χ0v) is 13.3. The van der Waals surface area contributed by atoms with Gasteiger partial charge in [-0.3, -0.25) is 0 Å². The summed E-state index contributed by atoms with van der Waals surface area (Å²) < 4.78 is 45.0. The van der Waals surface area contributed by atoms with Crippen molar-refractivity contribution in [3.63, 3.8) is 0 Å². The van der Waals surface area contributed by atoms with Crippen molar-refractivity contribution in [3.8, 4) is 17.5 Å². The highest BCUT2D eigenvalue weighted by atomic mass is 19.4. The van der Waals surface area contributed by atoms with Crippen molar-refractivity contribution in [2.75, 3.05) is 6.61 Å². The van der Waals surface area contributed by atoms with E-state index in [0.29, 0.717) is 12.4 Å². The molecule has 1 aromatic heterocycles. The fourth-order valence-corrected chi connectivity index (χ4v) is 2.00. The summed E-state index contributed by atoms with van der Waals surface area (Å²) in [5.41, 5.74) is -2.24. The standard InChI is InChI=1S/C16H14F3N3O3/c1-9(2)8-25-13-4-3-11(5-10(13)6-20)22-7-12(15(23)24)14(21-22)16(17,18)19/h3-5,7,9H,8H2,1-2H3,(H,23,24). The maximum atomic E-state index is 12.9. The molecule has 0 saturated heterocycles. The average Bonchev–Trinajstić information content (AvgIpc) is 2.98.